The largest absolute Gasteiger partial charge is 0.342 e. The van der Waals surface area contributed by atoms with Crippen LogP contribution in [-0.2, 0) is 16.6 Å². The van der Waals surface area contributed by atoms with Gasteiger partial charge in [-0.3, -0.25) is 9.52 Å². The van der Waals surface area contributed by atoms with Crippen molar-refractivity contribution in [1.82, 2.24) is 14.9 Å². The molecule has 0 fully saturated rings. The van der Waals surface area contributed by atoms with Gasteiger partial charge in [-0.1, -0.05) is 12.1 Å². The Kier molecular flexibility index (Phi) is 6.15. The van der Waals surface area contributed by atoms with Gasteiger partial charge in [0, 0.05) is 17.8 Å². The lowest BCUT2D eigenvalue weighted by atomic mass is 10.2. The van der Waals surface area contributed by atoms with E-state index in [-0.39, 0.29) is 22.5 Å². The molecule has 1 amide bonds. The Morgan fingerprint density at radius 3 is 2.36 bits per heavy atom. The summed E-state index contributed by atoms with van der Waals surface area (Å²) in [5.41, 5.74) is 2.55. The summed E-state index contributed by atoms with van der Waals surface area (Å²) in [5, 5.41) is 2.95. The van der Waals surface area contributed by atoms with Crippen molar-refractivity contribution >= 4 is 32.7 Å². The standard InChI is InChI=1S/C24H23FN4O3S/c1-3-29-22-7-5-4-6-21(22)27-23(29)16(2)26-24(30)17-8-12-19(13-9-17)28-33(31,32)20-14-10-18(25)11-15-20/h4-16,28H,3H2,1-2H3,(H,26,30). The van der Waals surface area contributed by atoms with Crippen LogP contribution >= 0.6 is 0 Å². The van der Waals surface area contributed by atoms with Crippen LogP contribution in [-0.4, -0.2) is 23.9 Å². The summed E-state index contributed by atoms with van der Waals surface area (Å²) in [4.78, 5) is 17.4. The van der Waals surface area contributed by atoms with E-state index in [0.29, 0.717) is 5.56 Å². The van der Waals surface area contributed by atoms with Gasteiger partial charge in [-0.05, 0) is 74.5 Å². The number of benzene rings is 3. The molecule has 0 aliphatic carbocycles. The first kappa shape index (κ1) is 22.5. The van der Waals surface area contributed by atoms with Crippen molar-refractivity contribution in [3.8, 4) is 0 Å². The lowest BCUT2D eigenvalue weighted by molar-refractivity contribution is 0.0937. The second-order valence-corrected chi connectivity index (χ2v) is 9.22. The molecule has 0 aliphatic rings. The molecule has 1 unspecified atom stereocenters. The first-order chi connectivity index (χ1) is 15.8. The number of aryl methyl sites for hydroxylation is 1. The van der Waals surface area contributed by atoms with Crippen LogP contribution in [0.2, 0.25) is 0 Å². The average molecular weight is 467 g/mol. The van der Waals surface area contributed by atoms with Gasteiger partial charge in [0.05, 0.1) is 22.0 Å². The predicted octanol–water partition coefficient (Wildman–Crippen LogP) is 4.49. The molecule has 0 bridgehead atoms. The Morgan fingerprint density at radius 2 is 1.70 bits per heavy atom. The molecule has 0 aliphatic heterocycles. The molecule has 1 atom stereocenters. The maximum absolute atomic E-state index is 13.1. The molecule has 2 N–H and O–H groups in total. The van der Waals surface area contributed by atoms with Gasteiger partial charge < -0.3 is 9.88 Å². The normalized spacial score (nSPS) is 12.5. The quantitative estimate of drug-likeness (QED) is 0.420. The summed E-state index contributed by atoms with van der Waals surface area (Å²) in [6, 6.07) is 18.1. The number of anilines is 1. The SMILES string of the molecule is CCn1c(C(C)NC(=O)c2ccc(NS(=O)(=O)c3ccc(F)cc3)cc2)nc2ccccc21. The number of carbonyl (C=O) groups is 1. The number of hydrogen-bond donors (Lipinski definition) is 2. The maximum atomic E-state index is 13.1. The van der Waals surface area contributed by atoms with Crippen molar-refractivity contribution in [2.45, 2.75) is 31.3 Å². The van der Waals surface area contributed by atoms with E-state index < -0.39 is 15.8 Å². The third-order valence-corrected chi connectivity index (χ3v) is 6.66. The van der Waals surface area contributed by atoms with Crippen LogP contribution in [0.4, 0.5) is 10.1 Å². The van der Waals surface area contributed by atoms with E-state index >= 15 is 0 Å². The Hall–Kier alpha value is -3.72. The number of halogens is 1. The first-order valence-electron chi connectivity index (χ1n) is 10.4. The molecule has 170 valence electrons. The number of para-hydroxylation sites is 2. The number of nitrogens with one attached hydrogen (secondary N) is 2. The van der Waals surface area contributed by atoms with Crippen LogP contribution < -0.4 is 10.0 Å². The monoisotopic (exact) mass is 466 g/mol. The number of amides is 1. The average Bonchev–Trinajstić information content (AvgIpc) is 3.18. The summed E-state index contributed by atoms with van der Waals surface area (Å²) >= 11 is 0. The molecular weight excluding hydrogens is 443 g/mol. The van der Waals surface area contributed by atoms with E-state index in [1.165, 1.54) is 36.4 Å². The fourth-order valence-corrected chi connectivity index (χ4v) is 4.68. The van der Waals surface area contributed by atoms with E-state index in [1.807, 2.05) is 38.1 Å². The van der Waals surface area contributed by atoms with Gasteiger partial charge in [0.25, 0.3) is 15.9 Å². The molecule has 0 radical (unpaired) electrons. The number of fused-ring (bicyclic) bond motifs is 1. The highest BCUT2D eigenvalue weighted by Gasteiger charge is 2.19. The Labute approximate surface area is 191 Å². The van der Waals surface area contributed by atoms with Crippen LogP contribution in [0.15, 0.2) is 77.7 Å². The molecule has 3 aromatic carbocycles. The summed E-state index contributed by atoms with van der Waals surface area (Å²) in [6.45, 7) is 4.62. The fraction of sp³-hybridized carbons (Fsp3) is 0.167. The van der Waals surface area contributed by atoms with E-state index in [2.05, 4.69) is 19.6 Å². The third-order valence-electron chi connectivity index (χ3n) is 5.26. The third kappa shape index (κ3) is 4.73. The van der Waals surface area contributed by atoms with E-state index in [1.54, 1.807) is 0 Å². The maximum Gasteiger partial charge on any atom is 0.261 e. The minimum Gasteiger partial charge on any atom is -0.342 e. The van der Waals surface area contributed by atoms with Crippen molar-refractivity contribution in [3.63, 3.8) is 0 Å². The number of rotatable bonds is 7. The molecule has 0 saturated carbocycles. The zero-order chi connectivity index (χ0) is 23.6. The van der Waals surface area contributed by atoms with Gasteiger partial charge >= 0.3 is 0 Å². The summed E-state index contributed by atoms with van der Waals surface area (Å²) in [7, 11) is -3.87. The Balaban J connectivity index is 1.47. The lowest BCUT2D eigenvalue weighted by Crippen LogP contribution is -2.28. The van der Waals surface area contributed by atoms with Gasteiger partial charge in [-0.15, -0.1) is 0 Å². The zero-order valence-electron chi connectivity index (χ0n) is 18.1. The van der Waals surface area contributed by atoms with Crippen LogP contribution in [0.3, 0.4) is 0 Å². The van der Waals surface area contributed by atoms with Gasteiger partial charge in [-0.25, -0.2) is 17.8 Å². The Bertz CT molecular complexity index is 1400. The van der Waals surface area contributed by atoms with E-state index in [4.69, 9.17) is 0 Å². The number of nitrogens with zero attached hydrogens (tertiary/aromatic N) is 2. The second kappa shape index (κ2) is 9.03. The van der Waals surface area contributed by atoms with Crippen molar-refractivity contribution < 1.29 is 17.6 Å². The number of aromatic nitrogens is 2. The van der Waals surface area contributed by atoms with Gasteiger partial charge in [0.2, 0.25) is 0 Å². The van der Waals surface area contributed by atoms with Gasteiger partial charge in [0.15, 0.2) is 0 Å². The topological polar surface area (TPSA) is 93.1 Å². The number of imidazole rings is 1. The lowest BCUT2D eigenvalue weighted by Gasteiger charge is -2.15. The van der Waals surface area contributed by atoms with Crippen LogP contribution in [0.5, 0.6) is 0 Å². The zero-order valence-corrected chi connectivity index (χ0v) is 18.9. The summed E-state index contributed by atoms with van der Waals surface area (Å²) < 4.78 is 42.4. The van der Waals surface area contributed by atoms with E-state index in [9.17, 15) is 17.6 Å². The molecule has 4 rings (SSSR count). The first-order valence-corrected chi connectivity index (χ1v) is 11.9. The highest BCUT2D eigenvalue weighted by Crippen LogP contribution is 2.22. The van der Waals surface area contributed by atoms with Crippen molar-refractivity contribution in [3.05, 3.63) is 90.0 Å². The molecule has 1 heterocycles. The minimum atomic E-state index is -3.87. The predicted molar refractivity (Wildman–Crippen MR) is 125 cm³/mol. The van der Waals surface area contributed by atoms with E-state index in [0.717, 1.165) is 35.5 Å². The van der Waals surface area contributed by atoms with Gasteiger partial charge in [0.1, 0.15) is 11.6 Å². The molecule has 0 saturated heterocycles. The molecular formula is C24H23FN4O3S. The number of hydrogen-bond acceptors (Lipinski definition) is 4. The Morgan fingerprint density at radius 1 is 1.03 bits per heavy atom. The number of carbonyl (C=O) groups excluding carboxylic acids is 1. The summed E-state index contributed by atoms with van der Waals surface area (Å²) in [6.07, 6.45) is 0. The molecule has 4 aromatic rings. The molecule has 0 spiro atoms. The smallest absolute Gasteiger partial charge is 0.261 e. The fourth-order valence-electron chi connectivity index (χ4n) is 3.62. The van der Waals surface area contributed by atoms with Crippen LogP contribution in [0, 0.1) is 5.82 Å². The van der Waals surface area contributed by atoms with Crippen molar-refractivity contribution in [2.75, 3.05) is 4.72 Å². The molecule has 1 aromatic heterocycles. The second-order valence-electron chi connectivity index (χ2n) is 7.53. The van der Waals surface area contributed by atoms with Crippen molar-refractivity contribution in [1.29, 1.82) is 0 Å². The number of sulfonamides is 1. The highest BCUT2D eigenvalue weighted by atomic mass is 32.2. The van der Waals surface area contributed by atoms with Crippen molar-refractivity contribution in [2.24, 2.45) is 0 Å². The molecule has 33 heavy (non-hydrogen) atoms. The van der Waals surface area contributed by atoms with Gasteiger partial charge in [-0.2, -0.15) is 0 Å². The highest BCUT2D eigenvalue weighted by molar-refractivity contribution is 7.92. The van der Waals surface area contributed by atoms with Crippen LogP contribution in [0.25, 0.3) is 11.0 Å². The molecule has 9 heteroatoms. The molecule has 7 nitrogen and oxygen atoms in total. The minimum absolute atomic E-state index is 0.0571. The summed E-state index contributed by atoms with van der Waals surface area (Å²) in [5.74, 6) is -0.0612. The van der Waals surface area contributed by atoms with Crippen LogP contribution in [0.1, 0.15) is 36.1 Å².